The van der Waals surface area contributed by atoms with Crippen LogP contribution in [0.3, 0.4) is 0 Å². The zero-order valence-corrected chi connectivity index (χ0v) is 23.2. The van der Waals surface area contributed by atoms with Crippen molar-refractivity contribution in [1.82, 2.24) is 0 Å². The summed E-state index contributed by atoms with van der Waals surface area (Å²) in [4.78, 5) is 0. The van der Waals surface area contributed by atoms with Gasteiger partial charge in [-0.3, -0.25) is 0 Å². The minimum atomic E-state index is 0.552. The van der Waals surface area contributed by atoms with Crippen molar-refractivity contribution in [3.05, 3.63) is 169 Å². The van der Waals surface area contributed by atoms with Gasteiger partial charge in [-0.05, 0) is 79.2 Å². The van der Waals surface area contributed by atoms with Crippen LogP contribution in [-0.4, -0.2) is 0 Å². The van der Waals surface area contributed by atoms with E-state index in [9.17, 15) is 0 Å². The van der Waals surface area contributed by atoms with E-state index >= 15 is 0 Å². The van der Waals surface area contributed by atoms with Crippen LogP contribution >= 0.6 is 0 Å². The highest BCUT2D eigenvalue weighted by Gasteiger charge is 2.16. The van der Waals surface area contributed by atoms with Gasteiger partial charge in [0.05, 0.1) is 0 Å². The monoisotopic (exact) mass is 542 g/mol. The van der Waals surface area contributed by atoms with Crippen molar-refractivity contribution in [3.8, 4) is 33.8 Å². The van der Waals surface area contributed by atoms with Gasteiger partial charge in [-0.2, -0.15) is 0 Å². The standard InChI is InChI=1S/C40H30O2/c1-3-11-29(12-4-1)27-41-33-23-19-31(20-24-33)39-35-15-7-9-17-37(35)40(38-18-10-8-16-36(38)39)32-21-25-34(26-22-32)42-28-30-13-5-2-6-14-30/h1-26H,27-28H2. The minimum Gasteiger partial charge on any atom is -0.489 e. The van der Waals surface area contributed by atoms with Crippen molar-refractivity contribution in [1.29, 1.82) is 0 Å². The Balaban J connectivity index is 1.25. The lowest BCUT2D eigenvalue weighted by Gasteiger charge is -2.18. The van der Waals surface area contributed by atoms with E-state index < -0.39 is 0 Å². The molecule has 0 saturated heterocycles. The van der Waals surface area contributed by atoms with E-state index in [1.165, 1.54) is 43.8 Å². The molecule has 202 valence electrons. The van der Waals surface area contributed by atoms with Gasteiger partial charge in [0, 0.05) is 0 Å². The third kappa shape index (κ3) is 5.23. The molecule has 7 rings (SSSR count). The minimum absolute atomic E-state index is 0.552. The zero-order chi connectivity index (χ0) is 28.1. The highest BCUT2D eigenvalue weighted by atomic mass is 16.5. The number of ether oxygens (including phenoxy) is 2. The Morgan fingerprint density at radius 3 is 0.952 bits per heavy atom. The maximum absolute atomic E-state index is 6.08. The largest absolute Gasteiger partial charge is 0.489 e. The highest BCUT2D eigenvalue weighted by molar-refractivity contribution is 6.21. The van der Waals surface area contributed by atoms with Gasteiger partial charge in [0.25, 0.3) is 0 Å². The third-order valence-corrected chi connectivity index (χ3v) is 7.71. The molecule has 0 N–H and O–H groups in total. The molecule has 0 amide bonds. The molecule has 0 atom stereocenters. The zero-order valence-electron chi connectivity index (χ0n) is 23.2. The Kier molecular flexibility index (Phi) is 7.10. The Morgan fingerprint density at radius 1 is 0.310 bits per heavy atom. The number of benzene rings is 7. The first-order valence-electron chi connectivity index (χ1n) is 14.3. The van der Waals surface area contributed by atoms with Crippen molar-refractivity contribution in [2.45, 2.75) is 13.2 Å². The van der Waals surface area contributed by atoms with Gasteiger partial charge < -0.3 is 9.47 Å². The molecule has 0 fully saturated rings. The molecule has 0 heterocycles. The van der Waals surface area contributed by atoms with Crippen LogP contribution in [0.1, 0.15) is 11.1 Å². The van der Waals surface area contributed by atoms with Gasteiger partial charge in [-0.15, -0.1) is 0 Å². The lowest BCUT2D eigenvalue weighted by atomic mass is 9.86. The molecule has 0 radical (unpaired) electrons. The Morgan fingerprint density at radius 2 is 0.619 bits per heavy atom. The molecule has 0 aliphatic heterocycles. The summed E-state index contributed by atoms with van der Waals surface area (Å²) in [5.41, 5.74) is 7.14. The van der Waals surface area contributed by atoms with E-state index in [0.29, 0.717) is 13.2 Å². The second-order valence-electron chi connectivity index (χ2n) is 10.4. The van der Waals surface area contributed by atoms with Gasteiger partial charge in [0.1, 0.15) is 24.7 Å². The Hall–Kier alpha value is -5.34. The van der Waals surface area contributed by atoms with Crippen LogP contribution in [0, 0.1) is 0 Å². The molecule has 7 aromatic rings. The predicted octanol–water partition coefficient (Wildman–Crippen LogP) is 10.5. The molecular weight excluding hydrogens is 512 g/mol. The fourth-order valence-electron chi connectivity index (χ4n) is 5.67. The van der Waals surface area contributed by atoms with E-state index in [-0.39, 0.29) is 0 Å². The first-order chi connectivity index (χ1) is 20.8. The number of hydrogen-bond donors (Lipinski definition) is 0. The summed E-state index contributed by atoms with van der Waals surface area (Å²) in [6, 6.07) is 55.0. The summed E-state index contributed by atoms with van der Waals surface area (Å²) in [5.74, 6) is 1.73. The van der Waals surface area contributed by atoms with Crippen molar-refractivity contribution in [2.75, 3.05) is 0 Å². The quantitative estimate of drug-likeness (QED) is 0.178. The van der Waals surface area contributed by atoms with Crippen LogP contribution in [0.25, 0.3) is 43.8 Å². The van der Waals surface area contributed by atoms with E-state index in [2.05, 4.69) is 121 Å². The molecule has 0 saturated carbocycles. The molecule has 42 heavy (non-hydrogen) atoms. The molecule has 0 aliphatic carbocycles. The van der Waals surface area contributed by atoms with Crippen LogP contribution in [0.5, 0.6) is 11.5 Å². The molecule has 0 bridgehead atoms. The number of fused-ring (bicyclic) bond motifs is 2. The second-order valence-corrected chi connectivity index (χ2v) is 10.4. The summed E-state index contributed by atoms with van der Waals surface area (Å²) < 4.78 is 12.2. The maximum Gasteiger partial charge on any atom is 0.119 e. The van der Waals surface area contributed by atoms with Crippen LogP contribution in [0.15, 0.2) is 158 Å². The summed E-state index contributed by atoms with van der Waals surface area (Å²) in [7, 11) is 0. The second kappa shape index (κ2) is 11.6. The van der Waals surface area contributed by atoms with Gasteiger partial charge in [-0.25, -0.2) is 0 Å². The molecular formula is C40H30O2. The third-order valence-electron chi connectivity index (χ3n) is 7.71. The van der Waals surface area contributed by atoms with E-state index in [1.54, 1.807) is 0 Å². The molecule has 2 nitrogen and oxygen atoms in total. The fraction of sp³-hybridized carbons (Fsp3) is 0.0500. The first kappa shape index (κ1) is 25.6. The smallest absolute Gasteiger partial charge is 0.119 e. The molecule has 2 heteroatoms. The van der Waals surface area contributed by atoms with Gasteiger partial charge in [-0.1, -0.05) is 133 Å². The van der Waals surface area contributed by atoms with E-state index in [1.807, 2.05) is 36.4 Å². The van der Waals surface area contributed by atoms with Crippen LogP contribution < -0.4 is 9.47 Å². The van der Waals surface area contributed by atoms with Crippen molar-refractivity contribution < 1.29 is 9.47 Å². The van der Waals surface area contributed by atoms with Gasteiger partial charge >= 0.3 is 0 Å². The predicted molar refractivity (Wildman–Crippen MR) is 174 cm³/mol. The van der Waals surface area contributed by atoms with Crippen molar-refractivity contribution >= 4 is 21.5 Å². The lowest BCUT2D eigenvalue weighted by Crippen LogP contribution is -1.95. The Bertz CT molecular complexity index is 1740. The highest BCUT2D eigenvalue weighted by Crippen LogP contribution is 2.44. The lowest BCUT2D eigenvalue weighted by molar-refractivity contribution is 0.306. The first-order valence-corrected chi connectivity index (χ1v) is 14.3. The van der Waals surface area contributed by atoms with Gasteiger partial charge in [0.15, 0.2) is 0 Å². The Labute approximate surface area is 246 Å². The normalized spacial score (nSPS) is 11.0. The topological polar surface area (TPSA) is 18.5 Å². The van der Waals surface area contributed by atoms with Crippen LogP contribution in [0.2, 0.25) is 0 Å². The summed E-state index contributed by atoms with van der Waals surface area (Å²) in [6.07, 6.45) is 0. The summed E-state index contributed by atoms with van der Waals surface area (Å²) >= 11 is 0. The van der Waals surface area contributed by atoms with Crippen molar-refractivity contribution in [3.63, 3.8) is 0 Å². The summed E-state index contributed by atoms with van der Waals surface area (Å²) in [5, 5.41) is 4.92. The van der Waals surface area contributed by atoms with Crippen LogP contribution in [-0.2, 0) is 13.2 Å². The SMILES string of the molecule is c1ccc(COc2ccc(-c3c4ccccc4c(-c4ccc(OCc5ccccc5)cc4)c4ccccc34)cc2)cc1. The molecule has 0 aliphatic rings. The van der Waals surface area contributed by atoms with Gasteiger partial charge in [0.2, 0.25) is 0 Å². The average Bonchev–Trinajstić information content (AvgIpc) is 3.07. The number of rotatable bonds is 8. The summed E-state index contributed by atoms with van der Waals surface area (Å²) in [6.45, 7) is 1.10. The van der Waals surface area contributed by atoms with Crippen LogP contribution in [0.4, 0.5) is 0 Å². The van der Waals surface area contributed by atoms with E-state index in [0.717, 1.165) is 22.6 Å². The molecule has 7 aromatic carbocycles. The maximum atomic E-state index is 6.08. The number of hydrogen-bond acceptors (Lipinski definition) is 2. The fourth-order valence-corrected chi connectivity index (χ4v) is 5.67. The van der Waals surface area contributed by atoms with Crippen molar-refractivity contribution in [2.24, 2.45) is 0 Å². The average molecular weight is 543 g/mol. The molecule has 0 spiro atoms. The van der Waals surface area contributed by atoms with E-state index in [4.69, 9.17) is 9.47 Å². The molecule has 0 aromatic heterocycles. The molecule has 0 unspecified atom stereocenters.